The minimum atomic E-state index is -0.525. The van der Waals surface area contributed by atoms with E-state index in [9.17, 15) is 13.6 Å². The fraction of sp³-hybridized carbons (Fsp3) is 0.375. The zero-order valence-corrected chi connectivity index (χ0v) is 17.1. The van der Waals surface area contributed by atoms with Crippen molar-refractivity contribution in [1.29, 1.82) is 0 Å². The molecule has 1 aromatic carbocycles. The third-order valence-corrected chi connectivity index (χ3v) is 7.00. The van der Waals surface area contributed by atoms with Gasteiger partial charge in [0, 0.05) is 23.5 Å². The standard InChI is InChI=1S/C24H22F2N4O/c1-12(31)22-13-3-5-14(6-4-13)23(22)30-21-8-16(20(27-2)9-19(21)26)18-11-29-24-17(18)7-15(25)10-28-24/h7-11,13-14,22-23,30H,3-6H2,1H3,(H,28,29)/t13?,14?,22-,23-/m1/s1. The predicted molar refractivity (Wildman–Crippen MR) is 115 cm³/mol. The van der Waals surface area contributed by atoms with E-state index < -0.39 is 11.6 Å². The molecular weight excluding hydrogens is 398 g/mol. The summed E-state index contributed by atoms with van der Waals surface area (Å²) in [4.78, 5) is 22.9. The van der Waals surface area contributed by atoms with Crippen LogP contribution in [0.15, 0.2) is 30.6 Å². The zero-order chi connectivity index (χ0) is 21.7. The molecular formula is C24H22F2N4O. The SMILES string of the molecule is [C-]#[N+]c1cc(F)c(N[C@@H]2C3CCC(CC3)[C@H]2C(C)=O)cc1-c1c[nH]c2ncc(F)cc12. The molecule has 7 heteroatoms. The number of ketones is 1. The van der Waals surface area contributed by atoms with Crippen molar-refractivity contribution >= 4 is 28.2 Å². The Balaban J connectivity index is 1.58. The Bertz CT molecular complexity index is 1220. The van der Waals surface area contributed by atoms with Crippen LogP contribution in [-0.4, -0.2) is 21.8 Å². The van der Waals surface area contributed by atoms with Gasteiger partial charge in [-0.05, 0) is 73.8 Å². The third kappa shape index (κ3) is 3.27. The molecule has 0 radical (unpaired) electrons. The smallest absolute Gasteiger partial charge is 0.198 e. The molecule has 31 heavy (non-hydrogen) atoms. The Labute approximate surface area is 178 Å². The first-order chi connectivity index (χ1) is 15.0. The number of nitrogens with one attached hydrogen (secondary N) is 2. The normalized spacial score (nSPS) is 24.8. The largest absolute Gasteiger partial charge is 0.379 e. The van der Waals surface area contributed by atoms with Crippen molar-refractivity contribution in [2.45, 2.75) is 38.6 Å². The summed E-state index contributed by atoms with van der Waals surface area (Å²) in [6.45, 7) is 9.13. The van der Waals surface area contributed by atoms with Gasteiger partial charge in [-0.25, -0.2) is 18.6 Å². The number of aromatic nitrogens is 2. The molecule has 0 saturated heterocycles. The average molecular weight is 420 g/mol. The first-order valence-corrected chi connectivity index (χ1v) is 10.6. The molecule has 2 heterocycles. The van der Waals surface area contributed by atoms with Crippen molar-refractivity contribution in [3.63, 3.8) is 0 Å². The van der Waals surface area contributed by atoms with Crippen LogP contribution in [0.25, 0.3) is 27.0 Å². The fourth-order valence-corrected chi connectivity index (χ4v) is 5.60. The molecule has 2 bridgehead atoms. The van der Waals surface area contributed by atoms with Gasteiger partial charge < -0.3 is 10.3 Å². The number of hydrogen-bond acceptors (Lipinski definition) is 3. The maximum atomic E-state index is 15.0. The minimum absolute atomic E-state index is 0.117. The highest BCUT2D eigenvalue weighted by atomic mass is 19.1. The van der Waals surface area contributed by atoms with Crippen LogP contribution >= 0.6 is 0 Å². The summed E-state index contributed by atoms with van der Waals surface area (Å²) in [7, 11) is 0. The molecule has 3 fully saturated rings. The maximum absolute atomic E-state index is 15.0. The van der Waals surface area contributed by atoms with Gasteiger partial charge in [0.05, 0.1) is 18.5 Å². The van der Waals surface area contributed by atoms with Crippen LogP contribution in [0.2, 0.25) is 0 Å². The average Bonchev–Trinajstić information content (AvgIpc) is 3.18. The molecule has 0 aliphatic heterocycles. The molecule has 3 saturated carbocycles. The monoisotopic (exact) mass is 420 g/mol. The summed E-state index contributed by atoms with van der Waals surface area (Å²) in [6, 6.07) is 4.05. The highest BCUT2D eigenvalue weighted by molar-refractivity contribution is 5.98. The number of aromatic amines is 1. The van der Waals surface area contributed by atoms with Crippen molar-refractivity contribution in [2.75, 3.05) is 5.32 Å². The molecule has 158 valence electrons. The number of Topliss-reactive ketones (excluding diaryl/α,β-unsaturated/α-hetero) is 1. The van der Waals surface area contributed by atoms with Crippen LogP contribution in [0.3, 0.4) is 0 Å². The number of pyridine rings is 1. The van der Waals surface area contributed by atoms with Crippen molar-refractivity contribution in [3.05, 3.63) is 53.6 Å². The summed E-state index contributed by atoms with van der Waals surface area (Å²) in [5, 5.41) is 3.85. The van der Waals surface area contributed by atoms with Gasteiger partial charge in [0.1, 0.15) is 23.1 Å². The number of carbonyl (C=O) groups excluding carboxylic acids is 1. The Kier molecular flexibility index (Phi) is 4.73. The van der Waals surface area contributed by atoms with Crippen molar-refractivity contribution in [3.8, 4) is 11.1 Å². The van der Waals surface area contributed by atoms with Gasteiger partial charge in [-0.1, -0.05) is 0 Å². The maximum Gasteiger partial charge on any atom is 0.198 e. The van der Waals surface area contributed by atoms with E-state index in [0.717, 1.165) is 31.9 Å². The van der Waals surface area contributed by atoms with Crippen molar-refractivity contribution in [1.82, 2.24) is 9.97 Å². The number of anilines is 1. The lowest BCUT2D eigenvalue weighted by molar-refractivity contribution is -0.126. The molecule has 0 unspecified atom stereocenters. The topological polar surface area (TPSA) is 62.1 Å². The number of hydrogen-bond donors (Lipinski definition) is 2. The van der Waals surface area contributed by atoms with Gasteiger partial charge in [-0.3, -0.25) is 4.79 Å². The Morgan fingerprint density at radius 1 is 1.16 bits per heavy atom. The number of H-pyrrole nitrogens is 1. The molecule has 2 aromatic heterocycles. The Morgan fingerprint density at radius 3 is 2.61 bits per heavy atom. The van der Waals surface area contributed by atoms with E-state index in [1.165, 1.54) is 12.1 Å². The van der Waals surface area contributed by atoms with Crippen molar-refractivity contribution < 1.29 is 13.6 Å². The van der Waals surface area contributed by atoms with Gasteiger partial charge >= 0.3 is 0 Å². The van der Waals surface area contributed by atoms with E-state index in [1.54, 1.807) is 19.2 Å². The summed E-state index contributed by atoms with van der Waals surface area (Å²) >= 11 is 0. The summed E-state index contributed by atoms with van der Waals surface area (Å²) in [5.41, 5.74) is 1.99. The van der Waals surface area contributed by atoms with Gasteiger partial charge in [0.25, 0.3) is 0 Å². The van der Waals surface area contributed by atoms with Crippen LogP contribution in [-0.2, 0) is 4.79 Å². The molecule has 0 amide bonds. The van der Waals surface area contributed by atoms with Crippen molar-refractivity contribution in [2.24, 2.45) is 17.8 Å². The summed E-state index contributed by atoms with van der Waals surface area (Å²) < 4.78 is 28.8. The molecule has 6 rings (SSSR count). The lowest BCUT2D eigenvalue weighted by Crippen LogP contribution is -2.51. The molecule has 5 nitrogen and oxygen atoms in total. The van der Waals surface area contributed by atoms with E-state index in [0.29, 0.717) is 34.0 Å². The van der Waals surface area contributed by atoms with Crippen LogP contribution in [0, 0.1) is 36.0 Å². The Hall–Kier alpha value is -3.27. The van der Waals surface area contributed by atoms with Crippen LogP contribution in [0.5, 0.6) is 0 Å². The van der Waals surface area contributed by atoms with E-state index in [4.69, 9.17) is 6.57 Å². The summed E-state index contributed by atoms with van der Waals surface area (Å²) in [5.74, 6) is -0.324. The number of benzene rings is 1. The minimum Gasteiger partial charge on any atom is -0.379 e. The van der Waals surface area contributed by atoms with Crippen LogP contribution in [0.1, 0.15) is 32.6 Å². The Morgan fingerprint density at radius 2 is 1.90 bits per heavy atom. The lowest BCUT2D eigenvalue weighted by atomic mass is 9.60. The lowest BCUT2D eigenvalue weighted by Gasteiger charge is -2.48. The highest BCUT2D eigenvalue weighted by Gasteiger charge is 2.45. The van der Waals surface area contributed by atoms with E-state index >= 15 is 0 Å². The van der Waals surface area contributed by atoms with Crippen LogP contribution in [0.4, 0.5) is 20.2 Å². The first kappa shape index (κ1) is 19.7. The molecule has 0 spiro atoms. The predicted octanol–water partition coefficient (Wildman–Crippen LogP) is 5.86. The number of rotatable bonds is 4. The molecule has 3 aromatic rings. The molecule has 2 N–H and O–H groups in total. The zero-order valence-electron chi connectivity index (χ0n) is 17.1. The number of halogens is 2. The van der Waals surface area contributed by atoms with Gasteiger partial charge in [-0.2, -0.15) is 0 Å². The second kappa shape index (κ2) is 7.45. The van der Waals surface area contributed by atoms with Gasteiger partial charge in [0.2, 0.25) is 0 Å². The number of nitrogens with zero attached hydrogens (tertiary/aromatic N) is 2. The second-order valence-electron chi connectivity index (χ2n) is 8.69. The summed E-state index contributed by atoms with van der Waals surface area (Å²) in [6.07, 6.45) is 6.94. The van der Waals surface area contributed by atoms with Gasteiger partial charge in [-0.15, -0.1) is 0 Å². The molecule has 3 aliphatic rings. The quantitative estimate of drug-likeness (QED) is 0.519. The third-order valence-electron chi connectivity index (χ3n) is 7.00. The first-order valence-electron chi connectivity index (χ1n) is 10.6. The molecule has 3 aliphatic carbocycles. The van der Waals surface area contributed by atoms with E-state index in [1.807, 2.05) is 0 Å². The van der Waals surface area contributed by atoms with Crippen LogP contribution < -0.4 is 5.32 Å². The number of carbonyl (C=O) groups is 1. The van der Waals surface area contributed by atoms with Gasteiger partial charge in [0.15, 0.2) is 5.69 Å². The second-order valence-corrected chi connectivity index (χ2v) is 8.69. The van der Waals surface area contributed by atoms with E-state index in [-0.39, 0.29) is 29.1 Å². The number of fused-ring (bicyclic) bond motifs is 4. The molecule has 2 atom stereocenters. The van der Waals surface area contributed by atoms with E-state index in [2.05, 4.69) is 20.1 Å². The fourth-order valence-electron chi connectivity index (χ4n) is 5.60. The highest BCUT2D eigenvalue weighted by Crippen LogP contribution is 2.47.